The molecule has 0 N–H and O–H groups in total. The van der Waals surface area contributed by atoms with Gasteiger partial charge in [0.05, 0.1) is 5.52 Å². The van der Waals surface area contributed by atoms with Crippen LogP contribution in [0.15, 0.2) is 27.4 Å². The SMILES string of the molecule is O=C(Cn1c(=O)oc2ccc(Cl)cc21)N1CCCC1. The van der Waals surface area contributed by atoms with Crippen molar-refractivity contribution in [1.82, 2.24) is 9.47 Å². The van der Waals surface area contributed by atoms with Crippen molar-refractivity contribution in [2.45, 2.75) is 19.4 Å². The Labute approximate surface area is 114 Å². The monoisotopic (exact) mass is 280 g/mol. The zero-order chi connectivity index (χ0) is 13.4. The van der Waals surface area contributed by atoms with E-state index in [0.29, 0.717) is 16.1 Å². The Balaban J connectivity index is 1.95. The summed E-state index contributed by atoms with van der Waals surface area (Å²) in [5.74, 6) is -0.577. The largest absolute Gasteiger partial charge is 0.420 e. The lowest BCUT2D eigenvalue weighted by Crippen LogP contribution is -2.33. The molecule has 100 valence electrons. The summed E-state index contributed by atoms with van der Waals surface area (Å²) in [6.45, 7) is 1.54. The van der Waals surface area contributed by atoms with Gasteiger partial charge < -0.3 is 9.32 Å². The number of carbonyl (C=O) groups is 1. The van der Waals surface area contributed by atoms with Crippen LogP contribution in [0.3, 0.4) is 0 Å². The third-order valence-corrected chi connectivity index (χ3v) is 3.62. The van der Waals surface area contributed by atoms with E-state index in [0.717, 1.165) is 25.9 Å². The maximum Gasteiger partial charge on any atom is 0.420 e. The number of fused-ring (bicyclic) bond motifs is 1. The Morgan fingerprint density at radius 3 is 2.79 bits per heavy atom. The van der Waals surface area contributed by atoms with Gasteiger partial charge in [-0.05, 0) is 31.0 Å². The minimum absolute atomic E-state index is 0.00613. The molecule has 0 atom stereocenters. The minimum Gasteiger partial charge on any atom is -0.408 e. The lowest BCUT2D eigenvalue weighted by molar-refractivity contribution is -0.130. The van der Waals surface area contributed by atoms with Crippen molar-refractivity contribution in [3.63, 3.8) is 0 Å². The van der Waals surface area contributed by atoms with Crippen LogP contribution in [0.1, 0.15) is 12.8 Å². The molecule has 1 saturated heterocycles. The molecule has 0 saturated carbocycles. The lowest BCUT2D eigenvalue weighted by atomic mass is 10.3. The highest BCUT2D eigenvalue weighted by molar-refractivity contribution is 6.31. The summed E-state index contributed by atoms with van der Waals surface area (Å²) in [7, 11) is 0. The molecule has 1 fully saturated rings. The number of rotatable bonds is 2. The number of halogens is 1. The molecule has 0 bridgehead atoms. The van der Waals surface area contributed by atoms with Crippen molar-refractivity contribution in [3.8, 4) is 0 Å². The third-order valence-electron chi connectivity index (χ3n) is 3.38. The molecule has 2 aromatic rings. The van der Waals surface area contributed by atoms with E-state index in [2.05, 4.69) is 0 Å². The van der Waals surface area contributed by atoms with E-state index in [1.165, 1.54) is 4.57 Å². The predicted molar refractivity (Wildman–Crippen MR) is 71.3 cm³/mol. The van der Waals surface area contributed by atoms with Crippen LogP contribution in [-0.4, -0.2) is 28.5 Å². The average molecular weight is 281 g/mol. The first-order valence-electron chi connectivity index (χ1n) is 6.22. The number of nitrogens with zero attached hydrogens (tertiary/aromatic N) is 2. The smallest absolute Gasteiger partial charge is 0.408 e. The average Bonchev–Trinajstić information content (AvgIpc) is 2.99. The summed E-state index contributed by atoms with van der Waals surface area (Å²) in [5, 5.41) is 0.510. The van der Waals surface area contributed by atoms with Crippen LogP contribution in [0.4, 0.5) is 0 Å². The molecular formula is C13H13ClN2O3. The highest BCUT2D eigenvalue weighted by Crippen LogP contribution is 2.18. The first-order chi connectivity index (χ1) is 9.15. The Morgan fingerprint density at radius 1 is 1.32 bits per heavy atom. The number of hydrogen-bond donors (Lipinski definition) is 0. The molecule has 1 aromatic carbocycles. The van der Waals surface area contributed by atoms with Gasteiger partial charge in [0.1, 0.15) is 6.54 Å². The molecule has 1 aromatic heterocycles. The van der Waals surface area contributed by atoms with Crippen LogP contribution in [0.5, 0.6) is 0 Å². The van der Waals surface area contributed by atoms with Crippen LogP contribution in [0.2, 0.25) is 5.02 Å². The maximum absolute atomic E-state index is 12.1. The van der Waals surface area contributed by atoms with Crippen LogP contribution in [0.25, 0.3) is 11.1 Å². The van der Waals surface area contributed by atoms with Gasteiger partial charge in [-0.25, -0.2) is 4.79 Å². The molecule has 2 heterocycles. The van der Waals surface area contributed by atoms with Gasteiger partial charge in [0.2, 0.25) is 5.91 Å². The summed E-state index contributed by atoms with van der Waals surface area (Å²) in [4.78, 5) is 25.6. The van der Waals surface area contributed by atoms with E-state index in [1.54, 1.807) is 23.1 Å². The van der Waals surface area contributed by atoms with E-state index in [1.807, 2.05) is 0 Å². The molecule has 1 aliphatic rings. The van der Waals surface area contributed by atoms with Crippen LogP contribution >= 0.6 is 11.6 Å². The molecular weight excluding hydrogens is 268 g/mol. The number of likely N-dealkylation sites (tertiary alicyclic amines) is 1. The summed E-state index contributed by atoms with van der Waals surface area (Å²) in [6.07, 6.45) is 2.05. The highest BCUT2D eigenvalue weighted by Gasteiger charge is 2.20. The summed E-state index contributed by atoms with van der Waals surface area (Å²) >= 11 is 5.91. The van der Waals surface area contributed by atoms with Crippen molar-refractivity contribution in [1.29, 1.82) is 0 Å². The Hall–Kier alpha value is -1.75. The number of hydrogen-bond acceptors (Lipinski definition) is 3. The highest BCUT2D eigenvalue weighted by atomic mass is 35.5. The number of oxazole rings is 1. The standard InChI is InChI=1S/C13H13ClN2O3/c14-9-3-4-11-10(7-9)16(13(18)19-11)8-12(17)15-5-1-2-6-15/h3-4,7H,1-2,5-6,8H2. The quantitative estimate of drug-likeness (QED) is 0.844. The van der Waals surface area contributed by atoms with E-state index in [4.69, 9.17) is 16.0 Å². The molecule has 1 aliphatic heterocycles. The second-order valence-electron chi connectivity index (χ2n) is 4.65. The van der Waals surface area contributed by atoms with E-state index in [9.17, 15) is 9.59 Å². The van der Waals surface area contributed by atoms with E-state index < -0.39 is 5.76 Å². The van der Waals surface area contributed by atoms with Gasteiger partial charge in [-0.15, -0.1) is 0 Å². The van der Waals surface area contributed by atoms with Gasteiger partial charge in [-0.3, -0.25) is 9.36 Å². The first kappa shape index (κ1) is 12.3. The van der Waals surface area contributed by atoms with Crippen LogP contribution in [-0.2, 0) is 11.3 Å². The van der Waals surface area contributed by atoms with Gasteiger partial charge in [0.15, 0.2) is 5.58 Å². The third kappa shape index (κ3) is 2.26. The molecule has 0 radical (unpaired) electrons. The molecule has 1 amide bonds. The molecule has 6 heteroatoms. The van der Waals surface area contributed by atoms with Gasteiger partial charge in [0.25, 0.3) is 0 Å². The van der Waals surface area contributed by atoms with Crippen molar-refractivity contribution in [2.24, 2.45) is 0 Å². The lowest BCUT2D eigenvalue weighted by Gasteiger charge is -2.14. The van der Waals surface area contributed by atoms with Crippen molar-refractivity contribution in [2.75, 3.05) is 13.1 Å². The predicted octanol–water partition coefficient (Wildman–Crippen LogP) is 1.87. The zero-order valence-corrected chi connectivity index (χ0v) is 11.0. The van der Waals surface area contributed by atoms with E-state index in [-0.39, 0.29) is 12.5 Å². The summed E-state index contributed by atoms with van der Waals surface area (Å²) < 4.78 is 6.43. The summed E-state index contributed by atoms with van der Waals surface area (Å²) in [5.41, 5.74) is 1.01. The zero-order valence-electron chi connectivity index (χ0n) is 10.3. The van der Waals surface area contributed by atoms with Gasteiger partial charge in [-0.1, -0.05) is 11.6 Å². The molecule has 3 rings (SSSR count). The molecule has 0 spiro atoms. The Kier molecular flexibility index (Phi) is 3.06. The number of aromatic nitrogens is 1. The second-order valence-corrected chi connectivity index (χ2v) is 5.09. The normalized spacial score (nSPS) is 15.3. The Bertz CT molecular complexity index is 683. The molecule has 0 unspecified atom stereocenters. The van der Waals surface area contributed by atoms with Crippen LogP contribution < -0.4 is 5.76 Å². The van der Waals surface area contributed by atoms with Gasteiger partial charge in [0, 0.05) is 18.1 Å². The fraction of sp³-hybridized carbons (Fsp3) is 0.385. The molecule has 19 heavy (non-hydrogen) atoms. The number of carbonyl (C=O) groups excluding carboxylic acids is 1. The number of benzene rings is 1. The van der Waals surface area contributed by atoms with Crippen molar-refractivity contribution in [3.05, 3.63) is 33.8 Å². The van der Waals surface area contributed by atoms with E-state index >= 15 is 0 Å². The second kappa shape index (κ2) is 4.74. The van der Waals surface area contributed by atoms with Gasteiger partial charge in [-0.2, -0.15) is 0 Å². The fourth-order valence-electron chi connectivity index (χ4n) is 2.39. The summed E-state index contributed by atoms with van der Waals surface area (Å²) in [6, 6.07) is 4.93. The van der Waals surface area contributed by atoms with Crippen molar-refractivity contribution >= 4 is 28.6 Å². The van der Waals surface area contributed by atoms with Gasteiger partial charge >= 0.3 is 5.76 Å². The van der Waals surface area contributed by atoms with Crippen molar-refractivity contribution < 1.29 is 9.21 Å². The first-order valence-corrected chi connectivity index (χ1v) is 6.59. The topological polar surface area (TPSA) is 55.5 Å². The Morgan fingerprint density at radius 2 is 2.05 bits per heavy atom. The van der Waals surface area contributed by atoms with Crippen LogP contribution in [0, 0.1) is 0 Å². The maximum atomic E-state index is 12.1. The number of amides is 1. The molecule has 5 nitrogen and oxygen atoms in total. The minimum atomic E-state index is -0.523. The fourth-order valence-corrected chi connectivity index (χ4v) is 2.55. The molecule has 0 aliphatic carbocycles.